The summed E-state index contributed by atoms with van der Waals surface area (Å²) in [6.45, 7) is 6.52. The van der Waals surface area contributed by atoms with Crippen LogP contribution in [-0.4, -0.2) is 19.0 Å². The lowest BCUT2D eigenvalue weighted by Crippen LogP contribution is -2.42. The van der Waals surface area contributed by atoms with Crippen LogP contribution in [0.5, 0.6) is 0 Å². The fraction of sp³-hybridized carbons (Fsp3) is 1.00. The Hall–Kier alpha value is -0.0800. The summed E-state index contributed by atoms with van der Waals surface area (Å²) < 4.78 is 11.1. The van der Waals surface area contributed by atoms with Crippen molar-refractivity contribution in [2.45, 2.75) is 51.9 Å². The van der Waals surface area contributed by atoms with Gasteiger partial charge in [-0.15, -0.1) is 0 Å². The first kappa shape index (κ1) is 10.0. The third kappa shape index (κ3) is 1.99. The number of hydrogen-bond donors (Lipinski definition) is 0. The Kier molecular flexibility index (Phi) is 3.13. The number of methoxy groups -OCH3 is 1. The fourth-order valence-electron chi connectivity index (χ4n) is 1.67. The predicted octanol–water partition coefficient (Wildman–Crippen LogP) is 2.57. The zero-order valence-corrected chi connectivity index (χ0v) is 8.59. The Labute approximate surface area is 75.2 Å². The van der Waals surface area contributed by atoms with Crippen molar-refractivity contribution < 1.29 is 9.47 Å². The molecule has 0 aromatic carbocycles. The Morgan fingerprint density at radius 1 is 1.58 bits per heavy atom. The van der Waals surface area contributed by atoms with Crippen molar-refractivity contribution in [3.8, 4) is 0 Å². The van der Waals surface area contributed by atoms with Crippen LogP contribution < -0.4 is 0 Å². The third-order valence-electron chi connectivity index (χ3n) is 2.97. The van der Waals surface area contributed by atoms with Gasteiger partial charge in [-0.25, -0.2) is 0 Å². The number of hydrogen-bond acceptors (Lipinski definition) is 2. The molecule has 1 rings (SSSR count). The summed E-state index contributed by atoms with van der Waals surface area (Å²) in [4.78, 5) is 0. The standard InChI is InChI=1S/C10H20O2/c1-5-10(3)7-6-8(2)9(11-4)12-10/h8-9H,5-7H2,1-4H3/t8-,9+,10-/m0/s1. The van der Waals surface area contributed by atoms with Crippen molar-refractivity contribution in [1.82, 2.24) is 0 Å². The molecular formula is C10H20O2. The second-order valence-corrected chi connectivity index (χ2v) is 4.04. The molecule has 0 bridgehead atoms. The average molecular weight is 172 g/mol. The Bertz CT molecular complexity index is 147. The van der Waals surface area contributed by atoms with Crippen LogP contribution in [0.1, 0.15) is 40.0 Å². The summed E-state index contributed by atoms with van der Waals surface area (Å²) in [6.07, 6.45) is 3.44. The van der Waals surface area contributed by atoms with E-state index in [4.69, 9.17) is 9.47 Å². The van der Waals surface area contributed by atoms with E-state index in [9.17, 15) is 0 Å². The molecular weight excluding hydrogens is 152 g/mol. The molecule has 0 aromatic rings. The van der Waals surface area contributed by atoms with Crippen LogP contribution >= 0.6 is 0 Å². The van der Waals surface area contributed by atoms with Gasteiger partial charge in [-0.1, -0.05) is 13.8 Å². The monoisotopic (exact) mass is 172 g/mol. The van der Waals surface area contributed by atoms with Gasteiger partial charge in [0, 0.05) is 13.0 Å². The minimum atomic E-state index is 0.00343. The largest absolute Gasteiger partial charge is 0.356 e. The summed E-state index contributed by atoms with van der Waals surface area (Å²) in [5.74, 6) is 0.537. The summed E-state index contributed by atoms with van der Waals surface area (Å²) in [6, 6.07) is 0. The van der Waals surface area contributed by atoms with Crippen LogP contribution in [0.2, 0.25) is 0 Å². The SMILES string of the molecule is CC[C@@]1(C)CC[C@H](C)[C@H](OC)O1. The molecule has 2 nitrogen and oxygen atoms in total. The molecule has 1 heterocycles. The van der Waals surface area contributed by atoms with Crippen LogP contribution in [0.15, 0.2) is 0 Å². The molecule has 0 spiro atoms. The highest BCUT2D eigenvalue weighted by Gasteiger charge is 2.35. The second kappa shape index (κ2) is 3.75. The average Bonchev–Trinajstić information content (AvgIpc) is 2.10. The fourth-order valence-corrected chi connectivity index (χ4v) is 1.67. The van der Waals surface area contributed by atoms with E-state index in [1.54, 1.807) is 7.11 Å². The minimum Gasteiger partial charge on any atom is -0.356 e. The topological polar surface area (TPSA) is 18.5 Å². The van der Waals surface area contributed by atoms with Gasteiger partial charge in [-0.05, 0) is 26.2 Å². The van der Waals surface area contributed by atoms with Crippen molar-refractivity contribution in [2.75, 3.05) is 7.11 Å². The maximum absolute atomic E-state index is 5.86. The van der Waals surface area contributed by atoms with Crippen LogP contribution in [-0.2, 0) is 9.47 Å². The summed E-state index contributed by atoms with van der Waals surface area (Å²) in [5, 5.41) is 0. The number of ether oxygens (including phenoxy) is 2. The van der Waals surface area contributed by atoms with E-state index < -0.39 is 0 Å². The lowest BCUT2D eigenvalue weighted by Gasteiger charge is -2.40. The molecule has 0 unspecified atom stereocenters. The molecule has 3 atom stereocenters. The van der Waals surface area contributed by atoms with Crippen LogP contribution in [0.4, 0.5) is 0 Å². The molecule has 0 aliphatic carbocycles. The first-order valence-corrected chi connectivity index (χ1v) is 4.82. The van der Waals surface area contributed by atoms with Gasteiger partial charge in [0.05, 0.1) is 5.60 Å². The van der Waals surface area contributed by atoms with Gasteiger partial charge in [0.25, 0.3) is 0 Å². The molecule has 1 fully saturated rings. The zero-order chi connectivity index (χ0) is 9.19. The molecule has 72 valence electrons. The molecule has 1 aliphatic rings. The van der Waals surface area contributed by atoms with Crippen LogP contribution in [0, 0.1) is 5.92 Å². The molecule has 2 heteroatoms. The van der Waals surface area contributed by atoms with E-state index in [2.05, 4.69) is 20.8 Å². The lowest BCUT2D eigenvalue weighted by molar-refractivity contribution is -0.243. The van der Waals surface area contributed by atoms with Crippen molar-refractivity contribution in [2.24, 2.45) is 5.92 Å². The van der Waals surface area contributed by atoms with E-state index in [-0.39, 0.29) is 11.9 Å². The van der Waals surface area contributed by atoms with Gasteiger partial charge in [-0.2, -0.15) is 0 Å². The van der Waals surface area contributed by atoms with Gasteiger partial charge in [0.2, 0.25) is 0 Å². The molecule has 0 amide bonds. The quantitative estimate of drug-likeness (QED) is 0.637. The van der Waals surface area contributed by atoms with E-state index >= 15 is 0 Å². The highest BCUT2D eigenvalue weighted by atomic mass is 16.7. The smallest absolute Gasteiger partial charge is 0.160 e. The van der Waals surface area contributed by atoms with Crippen LogP contribution in [0.25, 0.3) is 0 Å². The first-order valence-electron chi connectivity index (χ1n) is 4.82. The van der Waals surface area contributed by atoms with Crippen molar-refractivity contribution >= 4 is 0 Å². The normalized spacial score (nSPS) is 43.0. The molecule has 0 saturated carbocycles. The van der Waals surface area contributed by atoms with Gasteiger partial charge in [-0.3, -0.25) is 0 Å². The van der Waals surface area contributed by atoms with Gasteiger partial charge < -0.3 is 9.47 Å². The lowest BCUT2D eigenvalue weighted by atomic mass is 9.88. The molecule has 0 radical (unpaired) electrons. The Morgan fingerprint density at radius 2 is 2.25 bits per heavy atom. The third-order valence-corrected chi connectivity index (χ3v) is 2.97. The molecule has 1 saturated heterocycles. The predicted molar refractivity (Wildman–Crippen MR) is 49.0 cm³/mol. The first-order chi connectivity index (χ1) is 5.61. The van der Waals surface area contributed by atoms with E-state index in [1.807, 2.05) is 0 Å². The van der Waals surface area contributed by atoms with Gasteiger partial charge in [0.1, 0.15) is 0 Å². The molecule has 0 N–H and O–H groups in total. The Balaban J connectivity index is 2.55. The van der Waals surface area contributed by atoms with Gasteiger partial charge in [0.15, 0.2) is 6.29 Å². The summed E-state index contributed by atoms with van der Waals surface area (Å²) in [7, 11) is 1.72. The van der Waals surface area contributed by atoms with E-state index in [1.165, 1.54) is 6.42 Å². The molecule has 12 heavy (non-hydrogen) atoms. The van der Waals surface area contributed by atoms with Crippen molar-refractivity contribution in [3.05, 3.63) is 0 Å². The Morgan fingerprint density at radius 3 is 2.75 bits per heavy atom. The minimum absolute atomic E-state index is 0.00343. The molecule has 1 aliphatic heterocycles. The van der Waals surface area contributed by atoms with Crippen molar-refractivity contribution in [1.29, 1.82) is 0 Å². The highest BCUT2D eigenvalue weighted by molar-refractivity contribution is 4.80. The van der Waals surface area contributed by atoms with E-state index in [0.717, 1.165) is 12.8 Å². The van der Waals surface area contributed by atoms with E-state index in [0.29, 0.717) is 5.92 Å². The summed E-state index contributed by atoms with van der Waals surface area (Å²) >= 11 is 0. The van der Waals surface area contributed by atoms with Gasteiger partial charge >= 0.3 is 0 Å². The number of rotatable bonds is 2. The highest BCUT2D eigenvalue weighted by Crippen LogP contribution is 2.34. The second-order valence-electron chi connectivity index (χ2n) is 4.04. The van der Waals surface area contributed by atoms with Crippen LogP contribution in [0.3, 0.4) is 0 Å². The van der Waals surface area contributed by atoms with Crippen molar-refractivity contribution in [3.63, 3.8) is 0 Å². The summed E-state index contributed by atoms with van der Waals surface area (Å²) in [5.41, 5.74) is 0.0488. The maximum Gasteiger partial charge on any atom is 0.160 e. The zero-order valence-electron chi connectivity index (χ0n) is 8.59. The maximum atomic E-state index is 5.86. The molecule has 0 aromatic heterocycles.